The van der Waals surface area contributed by atoms with Crippen LogP contribution in [-0.4, -0.2) is 96.3 Å². The largest absolute Gasteiger partial charge is 0.491 e. The van der Waals surface area contributed by atoms with Crippen molar-refractivity contribution >= 4 is 11.6 Å². The van der Waals surface area contributed by atoms with E-state index in [2.05, 4.69) is 18.7 Å². The molecule has 0 fully saturated rings. The number of Topliss-reactive ketones (excluding diaryl/α,β-unsaturated/α-hetero) is 2. The van der Waals surface area contributed by atoms with Gasteiger partial charge in [0.1, 0.15) is 36.9 Å². The monoisotopic (exact) mass is 514 g/mol. The molecule has 0 spiro atoms. The van der Waals surface area contributed by atoms with Gasteiger partial charge in [0.05, 0.1) is 0 Å². The zero-order valence-electron chi connectivity index (χ0n) is 22.6. The van der Waals surface area contributed by atoms with Crippen LogP contribution in [0.4, 0.5) is 0 Å². The molecule has 0 unspecified atom stereocenters. The quantitative estimate of drug-likeness (QED) is 0.292. The molecular weight excluding hydrogens is 472 g/mol. The van der Waals surface area contributed by atoms with Crippen LogP contribution in [0, 0.1) is 0 Å². The first-order chi connectivity index (χ1) is 17.7. The third-order valence-corrected chi connectivity index (χ3v) is 6.19. The number of carbonyl (C=O) groups excluding carboxylic acids is 2. The van der Waals surface area contributed by atoms with Gasteiger partial charge in [-0.15, -0.1) is 0 Å². The molecule has 0 saturated heterocycles. The number of ether oxygens (including phenoxy) is 2. The second-order valence-electron chi connectivity index (χ2n) is 9.23. The summed E-state index contributed by atoms with van der Waals surface area (Å²) in [5.41, 5.74) is 1.22. The Labute approximate surface area is 220 Å². The summed E-state index contributed by atoms with van der Waals surface area (Å²) in [4.78, 5) is 27.2. The topological polar surface area (TPSA) is 99.5 Å². The molecule has 0 radical (unpaired) electrons. The Bertz CT molecular complexity index is 874. The maximum Gasteiger partial charge on any atom is 0.159 e. The summed E-state index contributed by atoms with van der Waals surface area (Å²) in [7, 11) is 0. The number of nitrogens with zero attached hydrogens (tertiary/aromatic N) is 2. The standard InChI is InChI=1S/C29H42N2O6/c1-5-30(6-2)16-7-17-31(18-26(34)20-36-28-12-8-24(9-13-28)22(3)32)19-27(35)21-37-29-14-10-25(11-15-29)23(4)33/h8-15,26-27,34-35H,5-7,16-21H2,1-4H3/t26-,27+. The van der Waals surface area contributed by atoms with Crippen LogP contribution in [0.2, 0.25) is 0 Å². The van der Waals surface area contributed by atoms with Crippen molar-refractivity contribution in [2.75, 3.05) is 52.5 Å². The molecule has 2 aromatic rings. The van der Waals surface area contributed by atoms with E-state index in [4.69, 9.17) is 9.47 Å². The van der Waals surface area contributed by atoms with Crippen molar-refractivity contribution in [2.24, 2.45) is 0 Å². The Morgan fingerprint density at radius 1 is 0.703 bits per heavy atom. The van der Waals surface area contributed by atoms with Crippen LogP contribution in [0.15, 0.2) is 48.5 Å². The number of hydrogen-bond donors (Lipinski definition) is 2. The van der Waals surface area contributed by atoms with E-state index < -0.39 is 12.2 Å². The number of ketones is 2. The number of aliphatic hydroxyl groups is 2. The molecule has 0 saturated carbocycles. The van der Waals surface area contributed by atoms with Gasteiger partial charge in [-0.05, 0) is 95.0 Å². The van der Waals surface area contributed by atoms with Crippen LogP contribution in [-0.2, 0) is 0 Å². The molecule has 2 atom stereocenters. The second kappa shape index (κ2) is 16.1. The fraction of sp³-hybridized carbons (Fsp3) is 0.517. The Balaban J connectivity index is 1.89. The van der Waals surface area contributed by atoms with Crippen molar-refractivity contribution < 1.29 is 29.3 Å². The van der Waals surface area contributed by atoms with Crippen LogP contribution in [0.1, 0.15) is 54.8 Å². The predicted octanol–water partition coefficient (Wildman–Crippen LogP) is 3.31. The normalized spacial score (nSPS) is 13.0. The fourth-order valence-electron chi connectivity index (χ4n) is 3.97. The maximum absolute atomic E-state index is 11.4. The van der Waals surface area contributed by atoms with Gasteiger partial charge in [-0.3, -0.25) is 14.5 Å². The molecule has 0 aliphatic carbocycles. The van der Waals surface area contributed by atoms with E-state index in [0.717, 1.165) is 26.1 Å². The van der Waals surface area contributed by atoms with Gasteiger partial charge < -0.3 is 24.6 Å². The number of carbonyl (C=O) groups is 2. The molecule has 0 amide bonds. The summed E-state index contributed by atoms with van der Waals surface area (Å²) >= 11 is 0. The van der Waals surface area contributed by atoms with E-state index in [0.29, 0.717) is 42.3 Å². The third-order valence-electron chi connectivity index (χ3n) is 6.19. The van der Waals surface area contributed by atoms with Crippen molar-refractivity contribution in [2.45, 2.75) is 46.3 Å². The minimum Gasteiger partial charge on any atom is -0.491 e. The number of aliphatic hydroxyl groups excluding tert-OH is 2. The molecule has 0 aromatic heterocycles. The SMILES string of the molecule is CCN(CC)CCCN(C[C@H](O)COc1ccc(C(C)=O)cc1)C[C@@H](O)COc1ccc(C(C)=O)cc1. The van der Waals surface area contributed by atoms with E-state index in [1.54, 1.807) is 48.5 Å². The van der Waals surface area contributed by atoms with E-state index in [9.17, 15) is 19.8 Å². The molecule has 8 heteroatoms. The van der Waals surface area contributed by atoms with E-state index in [-0.39, 0.29) is 24.8 Å². The second-order valence-corrected chi connectivity index (χ2v) is 9.23. The molecule has 204 valence electrons. The predicted molar refractivity (Wildman–Crippen MR) is 145 cm³/mol. The highest BCUT2D eigenvalue weighted by Crippen LogP contribution is 2.14. The molecule has 0 aliphatic heterocycles. The highest BCUT2D eigenvalue weighted by molar-refractivity contribution is 5.94. The fourth-order valence-corrected chi connectivity index (χ4v) is 3.97. The first-order valence-electron chi connectivity index (χ1n) is 13.0. The number of benzene rings is 2. The summed E-state index contributed by atoms with van der Waals surface area (Å²) in [5.74, 6) is 1.15. The van der Waals surface area contributed by atoms with Crippen molar-refractivity contribution in [1.82, 2.24) is 9.80 Å². The van der Waals surface area contributed by atoms with E-state index in [1.165, 1.54) is 13.8 Å². The summed E-state index contributed by atoms with van der Waals surface area (Å²) in [6.45, 7) is 11.8. The number of rotatable bonds is 18. The van der Waals surface area contributed by atoms with Gasteiger partial charge in [-0.1, -0.05) is 13.8 Å². The zero-order valence-corrected chi connectivity index (χ0v) is 22.6. The van der Waals surface area contributed by atoms with Crippen LogP contribution in [0.25, 0.3) is 0 Å². The summed E-state index contributed by atoms with van der Waals surface area (Å²) < 4.78 is 11.4. The van der Waals surface area contributed by atoms with Gasteiger partial charge >= 0.3 is 0 Å². The zero-order chi connectivity index (χ0) is 27.2. The van der Waals surface area contributed by atoms with Crippen LogP contribution in [0.3, 0.4) is 0 Å². The van der Waals surface area contributed by atoms with Crippen molar-refractivity contribution in [3.05, 3.63) is 59.7 Å². The molecule has 2 N–H and O–H groups in total. The molecule has 37 heavy (non-hydrogen) atoms. The highest BCUT2D eigenvalue weighted by Gasteiger charge is 2.17. The first kappa shape index (κ1) is 30.4. The first-order valence-corrected chi connectivity index (χ1v) is 13.0. The van der Waals surface area contributed by atoms with Crippen molar-refractivity contribution in [3.8, 4) is 11.5 Å². The van der Waals surface area contributed by atoms with Gasteiger partial charge in [-0.25, -0.2) is 0 Å². The van der Waals surface area contributed by atoms with E-state index in [1.807, 2.05) is 4.90 Å². The lowest BCUT2D eigenvalue weighted by Crippen LogP contribution is -2.42. The lowest BCUT2D eigenvalue weighted by atomic mass is 10.1. The average Bonchev–Trinajstić information content (AvgIpc) is 2.89. The third kappa shape index (κ3) is 11.4. The summed E-state index contributed by atoms with van der Waals surface area (Å²) in [6.07, 6.45) is -0.608. The number of hydrogen-bond acceptors (Lipinski definition) is 8. The van der Waals surface area contributed by atoms with Crippen LogP contribution < -0.4 is 9.47 Å². The summed E-state index contributed by atoms with van der Waals surface area (Å²) in [6, 6.07) is 13.7. The molecule has 0 bridgehead atoms. The molecule has 8 nitrogen and oxygen atoms in total. The average molecular weight is 515 g/mol. The lowest BCUT2D eigenvalue weighted by molar-refractivity contribution is 0.0300. The van der Waals surface area contributed by atoms with Gasteiger partial charge in [0.25, 0.3) is 0 Å². The molecule has 0 aliphatic rings. The summed E-state index contributed by atoms with van der Waals surface area (Å²) in [5, 5.41) is 21.3. The van der Waals surface area contributed by atoms with E-state index >= 15 is 0 Å². The Morgan fingerprint density at radius 3 is 1.43 bits per heavy atom. The lowest BCUT2D eigenvalue weighted by Gasteiger charge is -2.28. The van der Waals surface area contributed by atoms with Crippen molar-refractivity contribution in [3.63, 3.8) is 0 Å². The van der Waals surface area contributed by atoms with Gasteiger partial charge in [0, 0.05) is 24.2 Å². The maximum atomic E-state index is 11.4. The Hall–Kier alpha value is -2.78. The molecule has 0 heterocycles. The van der Waals surface area contributed by atoms with Crippen LogP contribution in [0.5, 0.6) is 11.5 Å². The highest BCUT2D eigenvalue weighted by atomic mass is 16.5. The van der Waals surface area contributed by atoms with Gasteiger partial charge in [-0.2, -0.15) is 0 Å². The molecular formula is C29H42N2O6. The smallest absolute Gasteiger partial charge is 0.159 e. The van der Waals surface area contributed by atoms with Gasteiger partial charge in [0.2, 0.25) is 0 Å². The Kier molecular flexibility index (Phi) is 13.3. The Morgan fingerprint density at radius 2 is 1.08 bits per heavy atom. The molecule has 2 rings (SSSR count). The van der Waals surface area contributed by atoms with Gasteiger partial charge in [0.15, 0.2) is 11.6 Å². The molecule has 2 aromatic carbocycles. The van der Waals surface area contributed by atoms with Crippen molar-refractivity contribution in [1.29, 1.82) is 0 Å². The minimum absolute atomic E-state index is 0.0115. The minimum atomic E-state index is -0.756. The van der Waals surface area contributed by atoms with Crippen LogP contribution >= 0.6 is 0 Å².